The molecule has 4 heteroatoms. The summed E-state index contributed by atoms with van der Waals surface area (Å²) in [6.07, 6.45) is 0. The molecule has 0 saturated carbocycles. The molecule has 0 fully saturated rings. The van der Waals surface area contributed by atoms with Crippen molar-refractivity contribution < 1.29 is 0 Å². The van der Waals surface area contributed by atoms with E-state index in [0.29, 0.717) is 0 Å². The molecule has 0 unspecified atom stereocenters. The van der Waals surface area contributed by atoms with Crippen LogP contribution in [0.2, 0.25) is 13.1 Å². The Morgan fingerprint density at radius 3 is 2.06 bits per heavy atom. The molecule has 0 bridgehead atoms. The van der Waals surface area contributed by atoms with E-state index in [0.717, 1.165) is 28.3 Å². The summed E-state index contributed by atoms with van der Waals surface area (Å²) in [5.74, 6) is 0.779. The van der Waals surface area contributed by atoms with Gasteiger partial charge in [0.15, 0.2) is 5.82 Å². The van der Waals surface area contributed by atoms with Crippen LogP contribution in [0.4, 0.5) is 0 Å². The summed E-state index contributed by atoms with van der Waals surface area (Å²) in [5, 5.41) is 5.16. The van der Waals surface area contributed by atoms with Gasteiger partial charge in [0.1, 0.15) is 8.07 Å². The standard InChI is InChI=1S/C45H35N3Si/c1-45(2)34-22-12-8-19-31(34)39-35(45)27-26-30-29-18-9-13-23-36(29)48(42(30)39)37-24-14-10-20-32(37)43-46-41(28-16-6-5-7-17-28)40-33-21-11-15-25-38(33)49(3,4)44(40)47-43/h5-27H,1-4H3. The van der Waals surface area contributed by atoms with Crippen LogP contribution >= 0.6 is 0 Å². The minimum absolute atomic E-state index is 0.0974. The molecule has 10 rings (SSSR count). The van der Waals surface area contributed by atoms with Gasteiger partial charge in [-0.05, 0) is 45.6 Å². The topological polar surface area (TPSA) is 30.7 Å². The SMILES string of the molecule is CC1(C)c2ccccc2-c2c1ccc1c3ccccc3n(-c3ccccc3-c3nc(-c4ccccc4)c4c(n3)[Si](C)(C)c3ccccc3-4)c21. The van der Waals surface area contributed by atoms with Crippen LogP contribution in [0.3, 0.4) is 0 Å². The number of benzene rings is 6. The highest BCUT2D eigenvalue weighted by molar-refractivity contribution is 7.03. The van der Waals surface area contributed by atoms with Crippen molar-refractivity contribution in [2.24, 2.45) is 0 Å². The Kier molecular flexibility index (Phi) is 5.79. The Labute approximate surface area is 287 Å². The first-order valence-electron chi connectivity index (χ1n) is 17.2. The third-order valence-corrected chi connectivity index (χ3v) is 14.5. The molecular weight excluding hydrogens is 611 g/mol. The molecule has 0 saturated heterocycles. The van der Waals surface area contributed by atoms with E-state index >= 15 is 0 Å². The van der Waals surface area contributed by atoms with E-state index in [1.165, 1.54) is 65.7 Å². The Morgan fingerprint density at radius 2 is 1.22 bits per heavy atom. The van der Waals surface area contributed by atoms with Crippen LogP contribution in [0.15, 0.2) is 140 Å². The lowest BCUT2D eigenvalue weighted by Crippen LogP contribution is -2.50. The van der Waals surface area contributed by atoms with Gasteiger partial charge in [-0.15, -0.1) is 0 Å². The maximum atomic E-state index is 5.58. The summed E-state index contributed by atoms with van der Waals surface area (Å²) >= 11 is 0. The lowest BCUT2D eigenvalue weighted by atomic mass is 9.82. The van der Waals surface area contributed by atoms with Crippen molar-refractivity contribution in [3.8, 4) is 50.6 Å². The number of rotatable bonds is 3. The predicted molar refractivity (Wildman–Crippen MR) is 207 cm³/mol. The zero-order chi connectivity index (χ0) is 33.1. The van der Waals surface area contributed by atoms with Gasteiger partial charge >= 0.3 is 0 Å². The van der Waals surface area contributed by atoms with Crippen LogP contribution in [-0.4, -0.2) is 22.6 Å². The number of nitrogens with zero attached hydrogens (tertiary/aromatic N) is 3. The second kappa shape index (κ2) is 9.97. The van der Waals surface area contributed by atoms with E-state index in [1.54, 1.807) is 0 Å². The van der Waals surface area contributed by atoms with Gasteiger partial charge in [0.2, 0.25) is 0 Å². The van der Waals surface area contributed by atoms with Gasteiger partial charge in [-0.2, -0.15) is 0 Å². The lowest BCUT2D eigenvalue weighted by molar-refractivity contribution is 0.661. The van der Waals surface area contributed by atoms with E-state index in [1.807, 2.05) is 0 Å². The Bertz CT molecular complexity index is 2660. The minimum Gasteiger partial charge on any atom is -0.308 e. The maximum absolute atomic E-state index is 5.58. The minimum atomic E-state index is -2.11. The molecule has 2 aliphatic rings. The monoisotopic (exact) mass is 645 g/mol. The molecule has 3 heterocycles. The first-order chi connectivity index (χ1) is 23.9. The first-order valence-corrected chi connectivity index (χ1v) is 20.2. The summed E-state index contributed by atoms with van der Waals surface area (Å²) < 4.78 is 2.49. The zero-order valence-electron chi connectivity index (χ0n) is 28.1. The quantitative estimate of drug-likeness (QED) is 0.179. The molecule has 0 spiro atoms. The van der Waals surface area contributed by atoms with E-state index in [-0.39, 0.29) is 5.41 Å². The van der Waals surface area contributed by atoms with Crippen molar-refractivity contribution >= 4 is 40.4 Å². The number of hydrogen-bond donors (Lipinski definition) is 0. The van der Waals surface area contributed by atoms with Gasteiger partial charge in [0.25, 0.3) is 0 Å². The molecule has 234 valence electrons. The molecule has 1 aliphatic heterocycles. The largest absolute Gasteiger partial charge is 0.308 e. The van der Waals surface area contributed by atoms with E-state index in [4.69, 9.17) is 9.97 Å². The summed E-state index contributed by atoms with van der Waals surface area (Å²) in [6.45, 7) is 9.59. The van der Waals surface area contributed by atoms with Crippen LogP contribution in [0.25, 0.3) is 72.4 Å². The Hall–Kier alpha value is -5.58. The van der Waals surface area contributed by atoms with Crippen LogP contribution in [0.5, 0.6) is 0 Å². The van der Waals surface area contributed by atoms with Crippen LogP contribution < -0.4 is 10.5 Å². The summed E-state index contributed by atoms with van der Waals surface area (Å²) in [5.41, 5.74) is 14.5. The molecule has 6 aromatic carbocycles. The molecule has 3 nitrogen and oxygen atoms in total. The highest BCUT2D eigenvalue weighted by atomic mass is 28.3. The van der Waals surface area contributed by atoms with Crippen molar-refractivity contribution in [3.05, 3.63) is 151 Å². The fraction of sp³-hybridized carbons (Fsp3) is 0.111. The van der Waals surface area contributed by atoms with Crippen molar-refractivity contribution in [2.75, 3.05) is 0 Å². The van der Waals surface area contributed by atoms with E-state index in [2.05, 4.69) is 171 Å². The summed E-state index contributed by atoms with van der Waals surface area (Å²) in [6, 6.07) is 50.8. The molecule has 0 radical (unpaired) electrons. The van der Waals surface area contributed by atoms with Crippen LogP contribution in [0.1, 0.15) is 25.0 Å². The average Bonchev–Trinajstić information content (AvgIpc) is 3.69. The van der Waals surface area contributed by atoms with E-state index < -0.39 is 8.07 Å². The van der Waals surface area contributed by atoms with E-state index in [9.17, 15) is 0 Å². The van der Waals surface area contributed by atoms with Crippen LogP contribution in [0, 0.1) is 0 Å². The Morgan fingerprint density at radius 1 is 0.551 bits per heavy atom. The van der Waals surface area contributed by atoms with Crippen molar-refractivity contribution in [1.29, 1.82) is 0 Å². The third-order valence-electron chi connectivity index (χ3n) is 11.2. The van der Waals surface area contributed by atoms with Gasteiger partial charge in [0, 0.05) is 43.8 Å². The first kappa shape index (κ1) is 28.4. The van der Waals surface area contributed by atoms with Gasteiger partial charge in [-0.1, -0.05) is 148 Å². The highest BCUT2D eigenvalue weighted by Crippen LogP contribution is 2.53. The lowest BCUT2D eigenvalue weighted by Gasteiger charge is -2.21. The van der Waals surface area contributed by atoms with Gasteiger partial charge in [-0.3, -0.25) is 0 Å². The molecule has 0 amide bonds. The number of para-hydroxylation sites is 2. The second-order valence-corrected chi connectivity index (χ2v) is 18.8. The van der Waals surface area contributed by atoms with Gasteiger partial charge in [0.05, 0.1) is 22.4 Å². The van der Waals surface area contributed by atoms with Crippen LogP contribution in [-0.2, 0) is 5.41 Å². The molecular formula is C45H35N3Si. The predicted octanol–water partition coefficient (Wildman–Crippen LogP) is 10.0. The third kappa shape index (κ3) is 3.78. The normalized spacial score (nSPS) is 14.9. The second-order valence-electron chi connectivity index (χ2n) is 14.6. The molecule has 1 aliphatic carbocycles. The van der Waals surface area contributed by atoms with Gasteiger partial charge < -0.3 is 4.57 Å². The maximum Gasteiger partial charge on any atom is 0.161 e. The highest BCUT2D eigenvalue weighted by Gasteiger charge is 2.42. The molecule has 49 heavy (non-hydrogen) atoms. The fourth-order valence-electron chi connectivity index (χ4n) is 8.82. The molecule has 8 aromatic rings. The molecule has 0 N–H and O–H groups in total. The average molecular weight is 646 g/mol. The Balaban J connectivity index is 1.31. The zero-order valence-corrected chi connectivity index (χ0v) is 29.1. The van der Waals surface area contributed by atoms with Gasteiger partial charge in [-0.25, -0.2) is 9.97 Å². The number of hydrogen-bond acceptors (Lipinski definition) is 2. The fourth-order valence-corrected chi connectivity index (χ4v) is 11.7. The summed E-state index contributed by atoms with van der Waals surface area (Å²) in [4.78, 5) is 11.1. The van der Waals surface area contributed by atoms with Crippen molar-refractivity contribution in [2.45, 2.75) is 32.4 Å². The molecule has 0 atom stereocenters. The number of fused-ring (bicyclic) bond motifs is 10. The van der Waals surface area contributed by atoms with Crippen molar-refractivity contribution in [1.82, 2.24) is 14.5 Å². The summed E-state index contributed by atoms with van der Waals surface area (Å²) in [7, 11) is -2.11. The smallest absolute Gasteiger partial charge is 0.161 e. The number of aromatic nitrogens is 3. The molecule has 2 aromatic heterocycles. The van der Waals surface area contributed by atoms with Crippen molar-refractivity contribution in [3.63, 3.8) is 0 Å².